The van der Waals surface area contributed by atoms with Crippen molar-refractivity contribution in [3.8, 4) is 0 Å². The second-order valence-electron chi connectivity index (χ2n) is 3.93. The number of fused-ring (bicyclic) bond motifs is 1. The smallest absolute Gasteiger partial charge is 0.202 e. The van der Waals surface area contributed by atoms with Crippen molar-refractivity contribution in [3.05, 3.63) is 17.8 Å². The van der Waals surface area contributed by atoms with Gasteiger partial charge in [0.25, 0.3) is 0 Å². The molecule has 0 spiro atoms. The van der Waals surface area contributed by atoms with Crippen LogP contribution in [-0.4, -0.2) is 27.7 Å². The standard InChI is InChI=1S/C11H16N4O/c1-7-4-5-13-10-9(7)14-11(12)15(10)6-8(2)16-3/h4-5,8H,6H2,1-3H3,(H2,12,14). The minimum Gasteiger partial charge on any atom is -0.380 e. The van der Waals surface area contributed by atoms with Gasteiger partial charge in [0.05, 0.1) is 12.6 Å². The molecule has 0 saturated heterocycles. The van der Waals surface area contributed by atoms with Gasteiger partial charge in [-0.2, -0.15) is 0 Å². The first-order valence-electron chi connectivity index (χ1n) is 5.23. The van der Waals surface area contributed by atoms with Crippen molar-refractivity contribution in [2.75, 3.05) is 12.8 Å². The first kappa shape index (κ1) is 10.9. The van der Waals surface area contributed by atoms with E-state index in [2.05, 4.69) is 9.97 Å². The van der Waals surface area contributed by atoms with E-state index in [0.29, 0.717) is 12.5 Å². The quantitative estimate of drug-likeness (QED) is 0.848. The average Bonchev–Trinajstić information content (AvgIpc) is 2.58. The molecule has 0 fully saturated rings. The van der Waals surface area contributed by atoms with Gasteiger partial charge in [-0.15, -0.1) is 0 Å². The highest BCUT2D eigenvalue weighted by atomic mass is 16.5. The zero-order chi connectivity index (χ0) is 11.7. The van der Waals surface area contributed by atoms with Crippen molar-refractivity contribution >= 4 is 17.1 Å². The van der Waals surface area contributed by atoms with Crippen LogP contribution in [0, 0.1) is 6.92 Å². The summed E-state index contributed by atoms with van der Waals surface area (Å²) in [7, 11) is 1.68. The van der Waals surface area contributed by atoms with Crippen molar-refractivity contribution in [2.45, 2.75) is 26.5 Å². The van der Waals surface area contributed by atoms with Gasteiger partial charge in [0, 0.05) is 13.3 Å². The molecule has 0 bridgehead atoms. The summed E-state index contributed by atoms with van der Waals surface area (Å²) in [5, 5.41) is 0. The van der Waals surface area contributed by atoms with Crippen LogP contribution in [-0.2, 0) is 11.3 Å². The van der Waals surface area contributed by atoms with Crippen molar-refractivity contribution in [3.63, 3.8) is 0 Å². The fourth-order valence-corrected chi connectivity index (χ4v) is 1.67. The SMILES string of the molecule is COC(C)Cn1c(N)nc2c(C)ccnc21. The van der Waals surface area contributed by atoms with Crippen LogP contribution in [0.2, 0.25) is 0 Å². The molecule has 1 unspecified atom stereocenters. The van der Waals surface area contributed by atoms with E-state index in [0.717, 1.165) is 16.7 Å². The maximum absolute atomic E-state index is 5.88. The van der Waals surface area contributed by atoms with E-state index in [1.807, 2.05) is 24.5 Å². The molecule has 0 radical (unpaired) electrons. The van der Waals surface area contributed by atoms with Gasteiger partial charge in [-0.1, -0.05) is 0 Å². The molecule has 16 heavy (non-hydrogen) atoms. The molecular formula is C11H16N4O. The highest BCUT2D eigenvalue weighted by Crippen LogP contribution is 2.19. The molecule has 1 atom stereocenters. The molecule has 2 heterocycles. The summed E-state index contributed by atoms with van der Waals surface area (Å²) >= 11 is 0. The van der Waals surface area contributed by atoms with Crippen molar-refractivity contribution in [1.29, 1.82) is 0 Å². The molecule has 0 saturated carbocycles. The molecule has 0 aliphatic rings. The first-order valence-corrected chi connectivity index (χ1v) is 5.23. The molecule has 2 rings (SSSR count). The van der Waals surface area contributed by atoms with E-state index in [1.165, 1.54) is 0 Å². The van der Waals surface area contributed by atoms with Crippen molar-refractivity contribution in [1.82, 2.24) is 14.5 Å². The van der Waals surface area contributed by atoms with E-state index in [4.69, 9.17) is 10.5 Å². The number of methoxy groups -OCH3 is 1. The highest BCUT2D eigenvalue weighted by Gasteiger charge is 2.12. The molecule has 0 aromatic carbocycles. The number of aryl methyl sites for hydroxylation is 1. The monoisotopic (exact) mass is 220 g/mol. The second kappa shape index (κ2) is 4.09. The number of anilines is 1. The molecule has 2 aromatic rings. The molecule has 0 aliphatic carbocycles. The third-order valence-electron chi connectivity index (χ3n) is 2.71. The number of rotatable bonds is 3. The second-order valence-corrected chi connectivity index (χ2v) is 3.93. The van der Waals surface area contributed by atoms with E-state index in [-0.39, 0.29) is 6.10 Å². The summed E-state index contributed by atoms with van der Waals surface area (Å²) in [6.07, 6.45) is 1.86. The Balaban J connectivity index is 2.52. The molecule has 5 heteroatoms. The number of hydrogen-bond donors (Lipinski definition) is 1. The Morgan fingerprint density at radius 2 is 2.31 bits per heavy atom. The lowest BCUT2D eigenvalue weighted by atomic mass is 10.3. The zero-order valence-corrected chi connectivity index (χ0v) is 9.77. The molecule has 2 aromatic heterocycles. The summed E-state index contributed by atoms with van der Waals surface area (Å²) in [5.41, 5.74) is 8.65. The number of nitrogen functional groups attached to an aromatic ring is 1. The third kappa shape index (κ3) is 1.74. The van der Waals surface area contributed by atoms with Gasteiger partial charge < -0.3 is 10.5 Å². The predicted molar refractivity (Wildman–Crippen MR) is 63.1 cm³/mol. The molecule has 0 amide bonds. The minimum absolute atomic E-state index is 0.0852. The third-order valence-corrected chi connectivity index (χ3v) is 2.71. The minimum atomic E-state index is 0.0852. The number of imidazole rings is 1. The van der Waals surface area contributed by atoms with E-state index in [9.17, 15) is 0 Å². The Bertz CT molecular complexity index is 506. The lowest BCUT2D eigenvalue weighted by Crippen LogP contribution is -2.16. The molecule has 2 N–H and O–H groups in total. The maximum atomic E-state index is 5.88. The Morgan fingerprint density at radius 1 is 1.56 bits per heavy atom. The first-order chi connectivity index (χ1) is 7.63. The van der Waals surface area contributed by atoms with Gasteiger partial charge >= 0.3 is 0 Å². The Kier molecular flexibility index (Phi) is 2.78. The molecule has 5 nitrogen and oxygen atoms in total. The lowest BCUT2D eigenvalue weighted by Gasteiger charge is -2.11. The maximum Gasteiger partial charge on any atom is 0.202 e. The Labute approximate surface area is 94.2 Å². The summed E-state index contributed by atoms with van der Waals surface area (Å²) in [6, 6.07) is 1.93. The van der Waals surface area contributed by atoms with Crippen LogP contribution < -0.4 is 5.73 Å². The van der Waals surface area contributed by atoms with Crippen LogP contribution in [0.5, 0.6) is 0 Å². The van der Waals surface area contributed by atoms with E-state index in [1.54, 1.807) is 13.3 Å². The van der Waals surface area contributed by atoms with Crippen molar-refractivity contribution in [2.24, 2.45) is 0 Å². The molecule has 0 aliphatic heterocycles. The van der Waals surface area contributed by atoms with E-state index < -0.39 is 0 Å². The number of ether oxygens (including phenoxy) is 1. The van der Waals surface area contributed by atoms with Gasteiger partial charge in [-0.3, -0.25) is 4.57 Å². The van der Waals surface area contributed by atoms with E-state index >= 15 is 0 Å². The van der Waals surface area contributed by atoms with Gasteiger partial charge in [-0.05, 0) is 25.5 Å². The van der Waals surface area contributed by atoms with Gasteiger partial charge in [0.2, 0.25) is 5.95 Å². The van der Waals surface area contributed by atoms with Crippen LogP contribution in [0.25, 0.3) is 11.2 Å². The van der Waals surface area contributed by atoms with Crippen LogP contribution in [0.15, 0.2) is 12.3 Å². The Hall–Kier alpha value is -1.62. The molecular weight excluding hydrogens is 204 g/mol. The number of nitrogens with zero attached hydrogens (tertiary/aromatic N) is 3. The fourth-order valence-electron chi connectivity index (χ4n) is 1.67. The average molecular weight is 220 g/mol. The van der Waals surface area contributed by atoms with Crippen molar-refractivity contribution < 1.29 is 4.74 Å². The fraction of sp³-hybridized carbons (Fsp3) is 0.455. The Morgan fingerprint density at radius 3 is 3.00 bits per heavy atom. The topological polar surface area (TPSA) is 66.0 Å². The summed E-state index contributed by atoms with van der Waals surface area (Å²) < 4.78 is 7.11. The van der Waals surface area contributed by atoms with Gasteiger partial charge in [0.15, 0.2) is 5.65 Å². The summed E-state index contributed by atoms with van der Waals surface area (Å²) in [4.78, 5) is 8.64. The zero-order valence-electron chi connectivity index (χ0n) is 9.77. The predicted octanol–water partition coefficient (Wildman–Crippen LogP) is 1.36. The number of nitrogens with two attached hydrogens (primary N) is 1. The normalized spacial score (nSPS) is 13.2. The van der Waals surface area contributed by atoms with Gasteiger partial charge in [0.1, 0.15) is 5.52 Å². The van der Waals surface area contributed by atoms with Crippen LogP contribution in [0.3, 0.4) is 0 Å². The number of hydrogen-bond acceptors (Lipinski definition) is 4. The van der Waals surface area contributed by atoms with Gasteiger partial charge in [-0.25, -0.2) is 9.97 Å². The lowest BCUT2D eigenvalue weighted by molar-refractivity contribution is 0.104. The summed E-state index contributed by atoms with van der Waals surface area (Å²) in [5.74, 6) is 0.487. The highest BCUT2D eigenvalue weighted by molar-refractivity contribution is 5.77. The van der Waals surface area contributed by atoms with Crippen LogP contribution in [0.1, 0.15) is 12.5 Å². The largest absolute Gasteiger partial charge is 0.380 e. The number of pyridine rings is 1. The van der Waals surface area contributed by atoms with Crippen LogP contribution >= 0.6 is 0 Å². The summed E-state index contributed by atoms with van der Waals surface area (Å²) in [6.45, 7) is 4.65. The number of aromatic nitrogens is 3. The van der Waals surface area contributed by atoms with Crippen LogP contribution in [0.4, 0.5) is 5.95 Å². The molecule has 86 valence electrons.